The summed E-state index contributed by atoms with van der Waals surface area (Å²) in [6.07, 6.45) is 8.55. The van der Waals surface area contributed by atoms with Gasteiger partial charge >= 0.3 is 0 Å². The van der Waals surface area contributed by atoms with Gasteiger partial charge in [0.05, 0.1) is 5.71 Å². The van der Waals surface area contributed by atoms with E-state index in [0.29, 0.717) is 6.42 Å². The molecule has 0 spiro atoms. The Morgan fingerprint density at radius 2 is 2.36 bits per heavy atom. The molecule has 1 amide bonds. The van der Waals surface area contributed by atoms with Gasteiger partial charge in [0.25, 0.3) is 0 Å². The van der Waals surface area contributed by atoms with Crippen molar-refractivity contribution < 1.29 is 4.79 Å². The van der Waals surface area contributed by atoms with Gasteiger partial charge in [0.1, 0.15) is 0 Å². The smallest absolute Gasteiger partial charge is 0.249 e. The van der Waals surface area contributed by atoms with E-state index in [1.165, 1.54) is 0 Å². The molecule has 0 fully saturated rings. The predicted molar refractivity (Wildman–Crippen MR) is 43.5 cm³/mol. The summed E-state index contributed by atoms with van der Waals surface area (Å²) < 4.78 is 0. The minimum Gasteiger partial charge on any atom is -0.272 e. The quantitative estimate of drug-likeness (QED) is 0.512. The number of fused-ring (bicyclic) bond motifs is 1. The summed E-state index contributed by atoms with van der Waals surface area (Å²) in [5.74, 6) is -0.000880. The van der Waals surface area contributed by atoms with Gasteiger partial charge in [0, 0.05) is 6.42 Å². The molecular weight excluding hydrogens is 138 g/mol. The van der Waals surface area contributed by atoms with E-state index in [0.717, 1.165) is 24.1 Å². The van der Waals surface area contributed by atoms with Crippen molar-refractivity contribution in [3.63, 3.8) is 0 Å². The highest BCUT2D eigenvalue weighted by atomic mass is 16.1. The van der Waals surface area contributed by atoms with E-state index < -0.39 is 0 Å². The third kappa shape index (κ3) is 1.16. The van der Waals surface area contributed by atoms with E-state index in [1.807, 2.05) is 6.08 Å². The van der Waals surface area contributed by atoms with Gasteiger partial charge in [0.2, 0.25) is 5.91 Å². The van der Waals surface area contributed by atoms with Crippen LogP contribution < -0.4 is 0 Å². The van der Waals surface area contributed by atoms with Crippen LogP contribution in [0.2, 0.25) is 0 Å². The maximum Gasteiger partial charge on any atom is 0.249 e. The lowest BCUT2D eigenvalue weighted by atomic mass is 9.96. The molecule has 0 saturated carbocycles. The Hall–Kier alpha value is -1.18. The standard InChI is InChI=1S/C9H9NO/c11-9-6-5-7-3-1-2-4-8(7)10-9/h1,3,5H,2,4,6H2. The molecule has 1 heterocycles. The zero-order chi connectivity index (χ0) is 7.68. The van der Waals surface area contributed by atoms with Crippen LogP contribution in [0.4, 0.5) is 0 Å². The minimum atomic E-state index is -0.000880. The van der Waals surface area contributed by atoms with Crippen LogP contribution in [0.1, 0.15) is 19.3 Å². The van der Waals surface area contributed by atoms with Crippen molar-refractivity contribution in [2.24, 2.45) is 4.99 Å². The van der Waals surface area contributed by atoms with E-state index in [4.69, 9.17) is 0 Å². The minimum absolute atomic E-state index is 0.000880. The van der Waals surface area contributed by atoms with Gasteiger partial charge in [-0.2, -0.15) is 0 Å². The monoisotopic (exact) mass is 147 g/mol. The highest BCUT2D eigenvalue weighted by Crippen LogP contribution is 2.18. The Balaban J connectivity index is 2.37. The molecule has 0 N–H and O–H groups in total. The number of aliphatic imine (C=N–C) groups is 1. The van der Waals surface area contributed by atoms with Crippen molar-refractivity contribution in [3.8, 4) is 0 Å². The maximum absolute atomic E-state index is 10.9. The lowest BCUT2D eigenvalue weighted by Gasteiger charge is -2.13. The molecule has 2 rings (SSSR count). The molecule has 0 atom stereocenters. The van der Waals surface area contributed by atoms with Crippen LogP contribution in [0, 0.1) is 0 Å². The molecule has 2 nitrogen and oxygen atoms in total. The molecule has 56 valence electrons. The number of hydrogen-bond acceptors (Lipinski definition) is 1. The third-order valence-corrected chi connectivity index (χ3v) is 1.93. The first kappa shape index (κ1) is 6.53. The molecule has 0 unspecified atom stereocenters. The number of allylic oxidation sites excluding steroid dienone is 3. The van der Waals surface area contributed by atoms with Crippen LogP contribution in [-0.2, 0) is 4.79 Å². The third-order valence-electron chi connectivity index (χ3n) is 1.93. The molecule has 0 bridgehead atoms. The van der Waals surface area contributed by atoms with Crippen LogP contribution in [0.3, 0.4) is 0 Å². The fraction of sp³-hybridized carbons (Fsp3) is 0.333. The second-order valence-corrected chi connectivity index (χ2v) is 2.76. The predicted octanol–water partition coefficient (Wildman–Crippen LogP) is 1.63. The van der Waals surface area contributed by atoms with Crippen molar-refractivity contribution >= 4 is 11.6 Å². The second kappa shape index (κ2) is 2.46. The van der Waals surface area contributed by atoms with Crippen LogP contribution in [0.5, 0.6) is 0 Å². The molecule has 0 saturated heterocycles. The van der Waals surface area contributed by atoms with Gasteiger partial charge < -0.3 is 0 Å². The fourth-order valence-electron chi connectivity index (χ4n) is 1.37. The zero-order valence-electron chi connectivity index (χ0n) is 6.21. The zero-order valence-corrected chi connectivity index (χ0v) is 6.21. The first-order chi connectivity index (χ1) is 5.36. The fourth-order valence-corrected chi connectivity index (χ4v) is 1.37. The summed E-state index contributed by atoms with van der Waals surface area (Å²) in [6, 6.07) is 0. The Bertz CT molecular complexity index is 284. The van der Waals surface area contributed by atoms with Gasteiger partial charge in [-0.15, -0.1) is 0 Å². The first-order valence-electron chi connectivity index (χ1n) is 3.84. The van der Waals surface area contributed by atoms with Crippen LogP contribution in [0.25, 0.3) is 0 Å². The summed E-state index contributed by atoms with van der Waals surface area (Å²) in [7, 11) is 0. The van der Waals surface area contributed by atoms with Crippen molar-refractivity contribution in [2.45, 2.75) is 19.3 Å². The number of dihydropyridines is 1. The van der Waals surface area contributed by atoms with Crippen molar-refractivity contribution in [1.29, 1.82) is 0 Å². The Morgan fingerprint density at radius 1 is 1.45 bits per heavy atom. The van der Waals surface area contributed by atoms with Gasteiger partial charge in [-0.1, -0.05) is 18.2 Å². The van der Waals surface area contributed by atoms with Crippen LogP contribution in [-0.4, -0.2) is 11.6 Å². The molecular formula is C9H9NO. The molecule has 2 heteroatoms. The number of amides is 1. The van der Waals surface area contributed by atoms with Gasteiger partial charge in [0.15, 0.2) is 0 Å². The Morgan fingerprint density at radius 3 is 3.27 bits per heavy atom. The maximum atomic E-state index is 10.9. The Labute approximate surface area is 65.3 Å². The summed E-state index contributed by atoms with van der Waals surface area (Å²) in [6.45, 7) is 0. The molecule has 2 aliphatic rings. The number of carbonyl (C=O) groups excluding carboxylic acids is 1. The first-order valence-corrected chi connectivity index (χ1v) is 3.84. The van der Waals surface area contributed by atoms with E-state index in [1.54, 1.807) is 0 Å². The number of nitrogens with zero attached hydrogens (tertiary/aromatic N) is 1. The summed E-state index contributed by atoms with van der Waals surface area (Å²) in [4.78, 5) is 14.8. The lowest BCUT2D eigenvalue weighted by molar-refractivity contribution is -0.117. The SMILES string of the molecule is O=C1CC=C2C=CCCC2=N1. The van der Waals surface area contributed by atoms with Crippen molar-refractivity contribution in [2.75, 3.05) is 0 Å². The van der Waals surface area contributed by atoms with Gasteiger partial charge in [-0.25, -0.2) is 4.99 Å². The number of rotatable bonds is 0. The van der Waals surface area contributed by atoms with E-state index >= 15 is 0 Å². The highest BCUT2D eigenvalue weighted by molar-refractivity contribution is 6.11. The van der Waals surface area contributed by atoms with Crippen LogP contribution >= 0.6 is 0 Å². The summed E-state index contributed by atoms with van der Waals surface area (Å²) in [5.41, 5.74) is 2.12. The van der Waals surface area contributed by atoms with Crippen molar-refractivity contribution in [1.82, 2.24) is 0 Å². The van der Waals surface area contributed by atoms with Gasteiger partial charge in [-0.05, 0) is 18.4 Å². The van der Waals surface area contributed by atoms with Gasteiger partial charge in [-0.3, -0.25) is 4.79 Å². The molecule has 11 heavy (non-hydrogen) atoms. The second-order valence-electron chi connectivity index (χ2n) is 2.76. The lowest BCUT2D eigenvalue weighted by Crippen LogP contribution is -2.12. The summed E-state index contributed by atoms with van der Waals surface area (Å²) in [5, 5.41) is 0. The molecule has 1 aliphatic heterocycles. The van der Waals surface area contributed by atoms with E-state index in [9.17, 15) is 4.79 Å². The molecule has 0 aromatic rings. The summed E-state index contributed by atoms with van der Waals surface area (Å²) >= 11 is 0. The average molecular weight is 147 g/mol. The average Bonchev–Trinajstić information content (AvgIpc) is 2.04. The van der Waals surface area contributed by atoms with Crippen molar-refractivity contribution in [3.05, 3.63) is 23.8 Å². The molecule has 0 aromatic carbocycles. The molecule has 1 aliphatic carbocycles. The van der Waals surface area contributed by atoms with E-state index in [-0.39, 0.29) is 5.91 Å². The highest BCUT2D eigenvalue weighted by Gasteiger charge is 2.14. The number of carbonyl (C=O) groups is 1. The topological polar surface area (TPSA) is 29.4 Å². The van der Waals surface area contributed by atoms with E-state index in [2.05, 4.69) is 17.1 Å². The van der Waals surface area contributed by atoms with Crippen LogP contribution in [0.15, 0.2) is 28.8 Å². The largest absolute Gasteiger partial charge is 0.272 e. The molecule has 0 radical (unpaired) electrons. The normalized spacial score (nSPS) is 22.4. The Kier molecular flexibility index (Phi) is 1.46. The number of hydrogen-bond donors (Lipinski definition) is 0. The molecule has 0 aromatic heterocycles.